The van der Waals surface area contributed by atoms with Crippen LogP contribution in [-0.2, 0) is 28.6 Å². The quantitative estimate of drug-likeness (QED) is 0.0343. The van der Waals surface area contributed by atoms with Gasteiger partial charge in [0.05, 0.1) is 0 Å². The van der Waals surface area contributed by atoms with Gasteiger partial charge in [-0.15, -0.1) is 0 Å². The number of carbonyl (C=O) groups is 3. The van der Waals surface area contributed by atoms with E-state index < -0.39 is 6.10 Å². The number of rotatable bonds is 61. The van der Waals surface area contributed by atoms with Gasteiger partial charge in [0.15, 0.2) is 6.10 Å². The van der Waals surface area contributed by atoms with Crippen molar-refractivity contribution in [1.82, 2.24) is 0 Å². The molecule has 0 aliphatic heterocycles. The minimum Gasteiger partial charge on any atom is -0.462 e. The van der Waals surface area contributed by atoms with Gasteiger partial charge in [-0.25, -0.2) is 0 Å². The lowest BCUT2D eigenvalue weighted by molar-refractivity contribution is -0.167. The number of hydrogen-bond acceptors (Lipinski definition) is 6. The van der Waals surface area contributed by atoms with Crippen molar-refractivity contribution < 1.29 is 28.6 Å². The molecule has 0 amide bonds. The first-order valence-corrected chi connectivity index (χ1v) is 32.5. The smallest absolute Gasteiger partial charge is 0.306 e. The van der Waals surface area contributed by atoms with Crippen molar-refractivity contribution in [2.24, 2.45) is 0 Å². The molecule has 0 aliphatic carbocycles. The summed E-state index contributed by atoms with van der Waals surface area (Å²) < 4.78 is 17.0. The van der Waals surface area contributed by atoms with Crippen LogP contribution in [0.5, 0.6) is 0 Å². The predicted octanol–water partition coefficient (Wildman–Crippen LogP) is 21.9. The summed E-state index contributed by atoms with van der Waals surface area (Å²) in [6.07, 6.45) is 69.7. The summed E-state index contributed by atoms with van der Waals surface area (Å²) in [5, 5.41) is 0. The molecule has 0 aromatic rings. The highest BCUT2D eigenvalue weighted by Crippen LogP contribution is 2.19. The Hall–Kier alpha value is -1.59. The second-order valence-electron chi connectivity index (χ2n) is 22.4. The molecule has 0 radical (unpaired) electrons. The minimum atomic E-state index is -0.762. The van der Waals surface area contributed by atoms with Crippen LogP contribution in [0.25, 0.3) is 0 Å². The highest BCUT2D eigenvalue weighted by atomic mass is 16.6. The molecule has 0 aromatic carbocycles. The Morgan fingerprint density at radius 3 is 0.563 bits per heavy atom. The molecule has 71 heavy (non-hydrogen) atoms. The van der Waals surface area contributed by atoms with Gasteiger partial charge in [0.1, 0.15) is 13.2 Å². The molecule has 1 atom stereocenters. The average Bonchev–Trinajstić information content (AvgIpc) is 3.37. The second-order valence-corrected chi connectivity index (χ2v) is 22.4. The molecule has 0 N–H and O–H groups in total. The van der Waals surface area contributed by atoms with Gasteiger partial charge < -0.3 is 14.2 Å². The van der Waals surface area contributed by atoms with Crippen LogP contribution in [0.1, 0.15) is 380 Å². The van der Waals surface area contributed by atoms with Crippen molar-refractivity contribution in [1.29, 1.82) is 0 Å². The summed E-state index contributed by atoms with van der Waals surface area (Å²) in [5.74, 6) is -0.825. The maximum Gasteiger partial charge on any atom is 0.306 e. The molecule has 0 spiro atoms. The van der Waals surface area contributed by atoms with Crippen LogP contribution in [0.3, 0.4) is 0 Å². The fourth-order valence-corrected chi connectivity index (χ4v) is 10.2. The molecule has 0 aliphatic rings. The number of unbranched alkanes of at least 4 members (excludes halogenated alkanes) is 50. The second kappa shape index (κ2) is 61.0. The molecule has 0 saturated carbocycles. The van der Waals surface area contributed by atoms with Gasteiger partial charge in [0.25, 0.3) is 0 Å². The van der Waals surface area contributed by atoms with Crippen molar-refractivity contribution in [3.8, 4) is 0 Å². The lowest BCUT2D eigenvalue weighted by atomic mass is 10.0. The van der Waals surface area contributed by atoms with E-state index in [2.05, 4.69) is 20.8 Å². The van der Waals surface area contributed by atoms with E-state index in [4.69, 9.17) is 14.2 Å². The summed E-state index contributed by atoms with van der Waals surface area (Å²) in [4.78, 5) is 38.3. The number of esters is 3. The Bertz CT molecular complexity index is 1060. The lowest BCUT2D eigenvalue weighted by Crippen LogP contribution is -2.30. The SMILES string of the molecule is CCCCCCCCCCCCCCCCCCCCCCCCC(=O)OCC(COC(=O)CCCCCCCCCCCCCCC)OC(=O)CCCCCCCCCCCCCCCCCCCC. The molecule has 0 rings (SSSR count). The minimum absolute atomic E-state index is 0.0605. The molecule has 0 fully saturated rings. The Morgan fingerprint density at radius 1 is 0.225 bits per heavy atom. The first kappa shape index (κ1) is 69.4. The van der Waals surface area contributed by atoms with E-state index in [0.29, 0.717) is 19.3 Å². The molecule has 1 unspecified atom stereocenters. The zero-order valence-corrected chi connectivity index (χ0v) is 48.5. The molecule has 422 valence electrons. The average molecular weight is 1000 g/mol. The normalized spacial score (nSPS) is 11.9. The van der Waals surface area contributed by atoms with Gasteiger partial charge in [0.2, 0.25) is 0 Å². The van der Waals surface area contributed by atoms with Gasteiger partial charge >= 0.3 is 17.9 Å². The van der Waals surface area contributed by atoms with E-state index in [9.17, 15) is 14.4 Å². The molecule has 0 saturated heterocycles. The molecule has 6 heteroatoms. The summed E-state index contributed by atoms with van der Waals surface area (Å²) in [7, 11) is 0. The van der Waals surface area contributed by atoms with Crippen molar-refractivity contribution in [3.05, 3.63) is 0 Å². The summed E-state index contributed by atoms with van der Waals surface area (Å²) in [5.41, 5.74) is 0. The van der Waals surface area contributed by atoms with Crippen LogP contribution in [-0.4, -0.2) is 37.2 Å². The molecular formula is C65H126O6. The van der Waals surface area contributed by atoms with Crippen LogP contribution >= 0.6 is 0 Å². The van der Waals surface area contributed by atoms with Gasteiger partial charge in [-0.3, -0.25) is 14.4 Å². The van der Waals surface area contributed by atoms with Crippen LogP contribution in [0.4, 0.5) is 0 Å². The topological polar surface area (TPSA) is 78.9 Å². The predicted molar refractivity (Wildman–Crippen MR) is 307 cm³/mol. The lowest BCUT2D eigenvalue weighted by Gasteiger charge is -2.18. The van der Waals surface area contributed by atoms with Crippen molar-refractivity contribution in [3.63, 3.8) is 0 Å². The third-order valence-corrected chi connectivity index (χ3v) is 15.1. The zero-order valence-electron chi connectivity index (χ0n) is 48.5. The third-order valence-electron chi connectivity index (χ3n) is 15.1. The van der Waals surface area contributed by atoms with E-state index in [-0.39, 0.29) is 31.1 Å². The number of hydrogen-bond donors (Lipinski definition) is 0. The van der Waals surface area contributed by atoms with Crippen LogP contribution in [0.2, 0.25) is 0 Å². The van der Waals surface area contributed by atoms with E-state index in [1.165, 1.54) is 283 Å². The monoisotopic (exact) mass is 1000 g/mol. The van der Waals surface area contributed by atoms with Gasteiger partial charge in [-0.1, -0.05) is 342 Å². The van der Waals surface area contributed by atoms with Gasteiger partial charge in [-0.2, -0.15) is 0 Å². The molecule has 0 aromatic heterocycles. The Labute approximate surface area is 444 Å². The zero-order chi connectivity index (χ0) is 51.4. The molecular weight excluding hydrogens is 877 g/mol. The van der Waals surface area contributed by atoms with Crippen molar-refractivity contribution >= 4 is 17.9 Å². The maximum absolute atomic E-state index is 12.9. The van der Waals surface area contributed by atoms with E-state index in [1.54, 1.807) is 0 Å². The highest BCUT2D eigenvalue weighted by Gasteiger charge is 2.19. The van der Waals surface area contributed by atoms with Gasteiger partial charge in [0, 0.05) is 19.3 Å². The Balaban J connectivity index is 4.22. The first-order valence-electron chi connectivity index (χ1n) is 32.5. The summed E-state index contributed by atoms with van der Waals surface area (Å²) in [6, 6.07) is 0. The molecule has 0 bridgehead atoms. The largest absolute Gasteiger partial charge is 0.462 e. The van der Waals surface area contributed by atoms with Crippen LogP contribution < -0.4 is 0 Å². The standard InChI is InChI=1S/C65H126O6/c1-4-7-10-13-16-19-22-25-27-29-31-32-33-34-36-37-40-43-46-49-52-55-58-64(67)70-61-62(60-69-63(66)57-54-51-48-45-42-39-24-21-18-15-12-9-6-3)71-65(68)59-56-53-50-47-44-41-38-35-30-28-26-23-20-17-14-11-8-5-2/h62H,4-61H2,1-3H3. The highest BCUT2D eigenvalue weighted by molar-refractivity contribution is 5.71. The molecule has 0 heterocycles. The van der Waals surface area contributed by atoms with Crippen LogP contribution in [0.15, 0.2) is 0 Å². The van der Waals surface area contributed by atoms with Crippen molar-refractivity contribution in [2.75, 3.05) is 13.2 Å². The Morgan fingerprint density at radius 2 is 0.380 bits per heavy atom. The number of carbonyl (C=O) groups excluding carboxylic acids is 3. The fourth-order valence-electron chi connectivity index (χ4n) is 10.2. The molecule has 6 nitrogen and oxygen atoms in total. The first-order chi connectivity index (χ1) is 35.0. The number of ether oxygens (including phenoxy) is 3. The Kier molecular flexibility index (Phi) is 59.6. The van der Waals surface area contributed by atoms with Crippen molar-refractivity contribution in [2.45, 2.75) is 386 Å². The maximum atomic E-state index is 12.9. The summed E-state index contributed by atoms with van der Waals surface area (Å²) >= 11 is 0. The van der Waals surface area contributed by atoms with E-state index in [0.717, 1.165) is 57.8 Å². The third kappa shape index (κ3) is 59.2. The summed E-state index contributed by atoms with van der Waals surface area (Å²) in [6.45, 7) is 6.73. The fraction of sp³-hybridized carbons (Fsp3) is 0.954. The van der Waals surface area contributed by atoms with Crippen LogP contribution in [0, 0.1) is 0 Å². The van der Waals surface area contributed by atoms with Gasteiger partial charge in [-0.05, 0) is 19.3 Å². The van der Waals surface area contributed by atoms with E-state index in [1.807, 2.05) is 0 Å². The van der Waals surface area contributed by atoms with E-state index >= 15 is 0 Å².